The molecule has 0 saturated heterocycles. The molecule has 0 atom stereocenters. The fourth-order valence-corrected chi connectivity index (χ4v) is 9.10. The van der Waals surface area contributed by atoms with E-state index in [1.54, 1.807) is 0 Å². The highest BCUT2D eigenvalue weighted by molar-refractivity contribution is 6.23. The van der Waals surface area contributed by atoms with Crippen molar-refractivity contribution >= 4 is 76.2 Å². The summed E-state index contributed by atoms with van der Waals surface area (Å²) in [6, 6.07) is 67.6. The van der Waals surface area contributed by atoms with E-state index in [2.05, 4.69) is 197 Å². The van der Waals surface area contributed by atoms with Crippen molar-refractivity contribution in [2.24, 2.45) is 0 Å². The molecule has 4 heteroatoms. The van der Waals surface area contributed by atoms with Gasteiger partial charge in [0.05, 0.1) is 45.0 Å². The number of benzene rings is 9. The highest BCUT2D eigenvalue weighted by Gasteiger charge is 2.19. The Morgan fingerprint density at radius 3 is 1.70 bits per heavy atom. The maximum Gasteiger partial charge on any atom is 0.0979 e. The molecule has 0 aliphatic carbocycles. The van der Waals surface area contributed by atoms with Crippen molar-refractivity contribution in [1.29, 1.82) is 0 Å². The first kappa shape index (κ1) is 30.9. The van der Waals surface area contributed by atoms with Crippen LogP contribution in [0.3, 0.4) is 0 Å². The molecule has 0 aliphatic rings. The van der Waals surface area contributed by atoms with Gasteiger partial charge in [0.1, 0.15) is 0 Å². The van der Waals surface area contributed by atoms with Crippen LogP contribution < -0.4 is 0 Å². The summed E-state index contributed by atoms with van der Waals surface area (Å²) in [5, 5.41) is 9.58. The SMILES string of the molecule is c1ccc(-n2c3ccccc3c3cc(-c4cccc5c4c4ccccc4n5-c4cccc(-c5cnc6c7ccccc7c7ccccc7c6n5)c4)ccc32)cc1. The summed E-state index contributed by atoms with van der Waals surface area (Å²) in [6.07, 6.45) is 1.93. The average molecular weight is 713 g/mol. The van der Waals surface area contributed by atoms with Gasteiger partial charge in [-0.1, -0.05) is 133 Å². The van der Waals surface area contributed by atoms with Gasteiger partial charge in [0.2, 0.25) is 0 Å². The van der Waals surface area contributed by atoms with Crippen LogP contribution in [0.2, 0.25) is 0 Å². The van der Waals surface area contributed by atoms with Gasteiger partial charge >= 0.3 is 0 Å². The van der Waals surface area contributed by atoms with E-state index in [0.29, 0.717) is 0 Å². The van der Waals surface area contributed by atoms with Crippen LogP contribution in [0.15, 0.2) is 194 Å². The van der Waals surface area contributed by atoms with Gasteiger partial charge in [0.25, 0.3) is 0 Å². The van der Waals surface area contributed by atoms with Crippen molar-refractivity contribution in [3.05, 3.63) is 194 Å². The van der Waals surface area contributed by atoms with Crippen LogP contribution in [0.5, 0.6) is 0 Å². The quantitative estimate of drug-likeness (QED) is 0.170. The van der Waals surface area contributed by atoms with Crippen molar-refractivity contribution in [3.63, 3.8) is 0 Å². The lowest BCUT2D eigenvalue weighted by atomic mass is 9.98. The lowest BCUT2D eigenvalue weighted by Gasteiger charge is -2.12. The van der Waals surface area contributed by atoms with Crippen LogP contribution >= 0.6 is 0 Å². The third-order valence-electron chi connectivity index (χ3n) is 11.5. The van der Waals surface area contributed by atoms with Crippen LogP contribution in [-0.4, -0.2) is 19.1 Å². The number of aromatic nitrogens is 4. The molecule has 12 aromatic rings. The molecule has 9 aromatic carbocycles. The zero-order chi connectivity index (χ0) is 36.7. The van der Waals surface area contributed by atoms with E-state index in [9.17, 15) is 0 Å². The van der Waals surface area contributed by atoms with Crippen LogP contribution in [0.4, 0.5) is 0 Å². The molecule has 0 spiro atoms. The molecule has 3 heterocycles. The molecule has 0 saturated carbocycles. The van der Waals surface area contributed by atoms with Crippen molar-refractivity contribution < 1.29 is 0 Å². The average Bonchev–Trinajstić information content (AvgIpc) is 3.79. The normalized spacial score (nSPS) is 11.9. The van der Waals surface area contributed by atoms with E-state index in [-0.39, 0.29) is 0 Å². The first-order valence-electron chi connectivity index (χ1n) is 19.1. The Labute approximate surface area is 322 Å². The summed E-state index contributed by atoms with van der Waals surface area (Å²) in [4.78, 5) is 10.4. The third kappa shape index (κ3) is 4.47. The molecule has 0 bridgehead atoms. The molecule has 0 N–H and O–H groups in total. The molecule has 0 radical (unpaired) electrons. The van der Waals surface area contributed by atoms with Gasteiger partial charge in [-0.2, -0.15) is 0 Å². The summed E-state index contributed by atoms with van der Waals surface area (Å²) in [5.74, 6) is 0. The Balaban J connectivity index is 1.04. The van der Waals surface area contributed by atoms with E-state index < -0.39 is 0 Å². The first-order valence-corrected chi connectivity index (χ1v) is 19.1. The highest BCUT2D eigenvalue weighted by atomic mass is 15.0. The van der Waals surface area contributed by atoms with Crippen LogP contribution in [-0.2, 0) is 0 Å². The minimum atomic E-state index is 0.851. The molecular weight excluding hydrogens is 681 g/mol. The Hall–Kier alpha value is -7.56. The molecule has 0 fully saturated rings. The van der Waals surface area contributed by atoms with E-state index in [0.717, 1.165) is 55.5 Å². The first-order chi connectivity index (χ1) is 27.8. The molecule has 0 aliphatic heterocycles. The molecule has 56 heavy (non-hydrogen) atoms. The predicted molar refractivity (Wildman–Crippen MR) is 234 cm³/mol. The Kier molecular flexibility index (Phi) is 6.60. The smallest absolute Gasteiger partial charge is 0.0979 e. The molecule has 4 nitrogen and oxygen atoms in total. The molecule has 0 amide bonds. The fourth-order valence-electron chi connectivity index (χ4n) is 9.10. The van der Waals surface area contributed by atoms with Gasteiger partial charge in [-0.3, -0.25) is 4.98 Å². The Bertz CT molecular complexity index is 3500. The van der Waals surface area contributed by atoms with E-state index in [1.807, 2.05) is 6.20 Å². The van der Waals surface area contributed by atoms with E-state index in [1.165, 1.54) is 54.5 Å². The number of hydrogen-bond acceptors (Lipinski definition) is 2. The van der Waals surface area contributed by atoms with Crippen LogP contribution in [0.1, 0.15) is 0 Å². The molecule has 12 rings (SSSR count). The van der Waals surface area contributed by atoms with Crippen molar-refractivity contribution in [3.8, 4) is 33.8 Å². The van der Waals surface area contributed by atoms with Gasteiger partial charge in [-0.05, 0) is 76.5 Å². The second kappa shape index (κ2) is 12.0. The largest absolute Gasteiger partial charge is 0.309 e. The van der Waals surface area contributed by atoms with Gasteiger partial charge < -0.3 is 9.13 Å². The minimum absolute atomic E-state index is 0.851. The monoisotopic (exact) mass is 712 g/mol. The van der Waals surface area contributed by atoms with Gasteiger partial charge in [-0.25, -0.2) is 4.98 Å². The Morgan fingerprint density at radius 1 is 0.339 bits per heavy atom. The number of rotatable bonds is 4. The van der Waals surface area contributed by atoms with Gasteiger partial charge in [-0.15, -0.1) is 0 Å². The topological polar surface area (TPSA) is 35.6 Å². The predicted octanol–water partition coefficient (Wildman–Crippen LogP) is 13.5. The lowest BCUT2D eigenvalue weighted by Crippen LogP contribution is -1.96. The summed E-state index contributed by atoms with van der Waals surface area (Å²) in [5.41, 5.74) is 13.1. The molecule has 3 aromatic heterocycles. The number of hydrogen-bond donors (Lipinski definition) is 0. The summed E-state index contributed by atoms with van der Waals surface area (Å²) >= 11 is 0. The van der Waals surface area contributed by atoms with Crippen LogP contribution in [0.25, 0.3) is 110 Å². The van der Waals surface area contributed by atoms with Crippen molar-refractivity contribution in [2.45, 2.75) is 0 Å². The summed E-state index contributed by atoms with van der Waals surface area (Å²) in [6.45, 7) is 0. The second-order valence-corrected chi connectivity index (χ2v) is 14.6. The van der Waals surface area contributed by atoms with E-state index in [4.69, 9.17) is 9.97 Å². The number of nitrogens with zero attached hydrogens (tertiary/aromatic N) is 4. The standard InChI is InChI=1S/C52H32N4/c1-2-15-35(16-3-1)55-46-25-10-8-20-40(46)44-31-33(28-29-48(44)55)37-24-13-27-49-50(37)43-23-9-11-26-47(43)56(49)36-17-12-14-34(30-36)45-32-53-51-41-21-6-4-18-38(41)39-19-5-7-22-42(39)52(51)54-45/h1-32H. The fraction of sp³-hybridized carbons (Fsp3) is 0. The van der Waals surface area contributed by atoms with Gasteiger partial charge in [0.15, 0.2) is 0 Å². The minimum Gasteiger partial charge on any atom is -0.309 e. The van der Waals surface area contributed by atoms with Crippen molar-refractivity contribution in [1.82, 2.24) is 19.1 Å². The third-order valence-corrected chi connectivity index (χ3v) is 11.5. The highest BCUT2D eigenvalue weighted by Crippen LogP contribution is 2.42. The number of fused-ring (bicyclic) bond motifs is 12. The summed E-state index contributed by atoms with van der Waals surface area (Å²) in [7, 11) is 0. The number of para-hydroxylation sites is 3. The Morgan fingerprint density at radius 2 is 0.911 bits per heavy atom. The van der Waals surface area contributed by atoms with Crippen molar-refractivity contribution in [2.75, 3.05) is 0 Å². The van der Waals surface area contributed by atoms with E-state index >= 15 is 0 Å². The molecule has 260 valence electrons. The zero-order valence-electron chi connectivity index (χ0n) is 30.3. The van der Waals surface area contributed by atoms with Gasteiger partial charge in [0, 0.05) is 49.3 Å². The van der Waals surface area contributed by atoms with Crippen LogP contribution in [0, 0.1) is 0 Å². The zero-order valence-corrected chi connectivity index (χ0v) is 30.3. The maximum absolute atomic E-state index is 5.32. The molecular formula is C52H32N4. The molecule has 0 unspecified atom stereocenters. The summed E-state index contributed by atoms with van der Waals surface area (Å²) < 4.78 is 4.77. The lowest BCUT2D eigenvalue weighted by molar-refractivity contribution is 1.18. The second-order valence-electron chi connectivity index (χ2n) is 14.6. The maximum atomic E-state index is 5.32.